The summed E-state index contributed by atoms with van der Waals surface area (Å²) in [5.74, 6) is 0. The lowest BCUT2D eigenvalue weighted by Gasteiger charge is -2.06. The molecule has 0 atom stereocenters. The molecule has 0 aliphatic carbocycles. The first-order valence-electron chi connectivity index (χ1n) is 2.82. The fraction of sp³-hybridized carbons (Fsp3) is 0. The topological polar surface area (TPSA) is 52.0 Å². The average molecular weight is 128 g/mol. The molecule has 0 bridgehead atoms. The number of nitrogens with two attached hydrogens (primary N) is 2. The summed E-state index contributed by atoms with van der Waals surface area (Å²) in [5.41, 5.74) is 12.6. The minimum absolute atomic E-state index is 0.361. The number of benzene rings is 1. The van der Waals surface area contributed by atoms with Crippen LogP contribution >= 0.6 is 0 Å². The number of anilines is 2. The highest BCUT2D eigenvalue weighted by atomic mass is 14.7. The van der Waals surface area contributed by atoms with Gasteiger partial charge in [-0.15, -0.1) is 0 Å². The summed E-state index contributed by atoms with van der Waals surface area (Å²) in [6.45, 7) is 0. The van der Waals surface area contributed by atoms with Gasteiger partial charge < -0.3 is 11.5 Å². The van der Waals surface area contributed by atoms with Crippen LogP contribution in [-0.2, 0) is 0 Å². The van der Waals surface area contributed by atoms with E-state index in [1.807, 2.05) is 0 Å². The Kier molecular flexibility index (Phi) is 1.62. The number of rotatable bonds is 0. The zero-order valence-electron chi connectivity index (χ0n) is 5.46. The van der Waals surface area contributed by atoms with Crippen molar-refractivity contribution in [3.8, 4) is 0 Å². The number of hydrogen-bond acceptors (Lipinski definition) is 2. The van der Waals surface area contributed by atoms with Crippen molar-refractivity contribution in [2.24, 2.45) is 0 Å². The molecule has 0 saturated carbocycles. The molecule has 0 unspecified atom stereocenters. The Hall–Kier alpha value is -1.05. The van der Waals surface area contributed by atoms with Gasteiger partial charge in [0.15, 0.2) is 0 Å². The molecule has 1 aromatic rings. The predicted molar refractivity (Wildman–Crippen MR) is 46.0 cm³/mol. The van der Waals surface area contributed by atoms with E-state index in [4.69, 9.17) is 27.2 Å². The molecule has 0 aromatic heterocycles. The first kappa shape index (κ1) is 7.06. The van der Waals surface area contributed by atoms with Crippen LogP contribution in [0.4, 0.5) is 11.4 Å². The SMILES string of the molecule is [B]c1ccc([B])c(N)c1N. The van der Waals surface area contributed by atoms with E-state index in [-0.39, 0.29) is 0 Å². The van der Waals surface area contributed by atoms with Crippen LogP contribution in [0, 0.1) is 0 Å². The van der Waals surface area contributed by atoms with Gasteiger partial charge in [0, 0.05) is 11.4 Å². The second-order valence-corrected chi connectivity index (χ2v) is 2.07. The molecule has 0 heterocycles. The molecule has 0 saturated heterocycles. The summed E-state index contributed by atoms with van der Waals surface area (Å²) in [4.78, 5) is 0. The molecular formula is C6H6B2N2. The maximum atomic E-state index is 5.45. The standard InChI is InChI=1S/C6H6B2N2/c7-3-1-2-4(8)6(10)5(3)9/h1-2H,9-10H2. The summed E-state index contributed by atoms with van der Waals surface area (Å²) < 4.78 is 0. The minimum atomic E-state index is 0.361. The van der Waals surface area contributed by atoms with Gasteiger partial charge in [0.05, 0.1) is 0 Å². The van der Waals surface area contributed by atoms with E-state index in [0.717, 1.165) is 0 Å². The zero-order valence-corrected chi connectivity index (χ0v) is 5.46. The Bertz CT molecular complexity index is 233. The third kappa shape index (κ3) is 0.967. The highest BCUT2D eigenvalue weighted by Crippen LogP contribution is 2.04. The number of hydrogen-bond donors (Lipinski definition) is 2. The second-order valence-electron chi connectivity index (χ2n) is 2.07. The van der Waals surface area contributed by atoms with Crippen LogP contribution in [0.15, 0.2) is 12.1 Å². The normalized spacial score (nSPS) is 9.60. The zero-order chi connectivity index (χ0) is 7.72. The van der Waals surface area contributed by atoms with E-state index >= 15 is 0 Å². The van der Waals surface area contributed by atoms with Gasteiger partial charge in [0.1, 0.15) is 15.7 Å². The molecule has 4 radical (unpaired) electrons. The largest absolute Gasteiger partial charge is 0.398 e. The smallest absolute Gasteiger partial charge is 0.116 e. The Morgan fingerprint density at radius 2 is 1.20 bits per heavy atom. The van der Waals surface area contributed by atoms with Crippen molar-refractivity contribution in [3.05, 3.63) is 12.1 Å². The lowest BCUT2D eigenvalue weighted by Crippen LogP contribution is -2.20. The van der Waals surface area contributed by atoms with Crippen LogP contribution in [0.1, 0.15) is 0 Å². The van der Waals surface area contributed by atoms with Crippen LogP contribution in [0.25, 0.3) is 0 Å². The minimum Gasteiger partial charge on any atom is -0.398 e. The molecule has 4 heteroatoms. The first-order chi connectivity index (χ1) is 4.63. The molecule has 4 N–H and O–H groups in total. The summed E-state index contributed by atoms with van der Waals surface area (Å²) in [7, 11) is 10.9. The van der Waals surface area contributed by atoms with Crippen molar-refractivity contribution in [1.82, 2.24) is 0 Å². The van der Waals surface area contributed by atoms with Gasteiger partial charge in [0.2, 0.25) is 0 Å². The summed E-state index contributed by atoms with van der Waals surface area (Å²) >= 11 is 0. The summed E-state index contributed by atoms with van der Waals surface area (Å²) in [6, 6.07) is 3.25. The molecule has 1 rings (SSSR count). The maximum Gasteiger partial charge on any atom is 0.116 e. The molecule has 0 fully saturated rings. The fourth-order valence-electron chi connectivity index (χ4n) is 0.670. The fourth-order valence-corrected chi connectivity index (χ4v) is 0.670. The Morgan fingerprint density at radius 3 is 1.50 bits per heavy atom. The lowest BCUT2D eigenvalue weighted by molar-refractivity contribution is 1.76. The third-order valence-corrected chi connectivity index (χ3v) is 1.35. The third-order valence-electron chi connectivity index (χ3n) is 1.35. The van der Waals surface area contributed by atoms with Gasteiger partial charge in [-0.25, -0.2) is 0 Å². The van der Waals surface area contributed by atoms with E-state index in [1.54, 1.807) is 12.1 Å². The van der Waals surface area contributed by atoms with E-state index in [1.165, 1.54) is 0 Å². The molecule has 0 amide bonds. The Balaban J connectivity index is 3.34. The first-order valence-corrected chi connectivity index (χ1v) is 2.82. The van der Waals surface area contributed by atoms with Gasteiger partial charge >= 0.3 is 0 Å². The lowest BCUT2D eigenvalue weighted by atomic mass is 9.86. The highest BCUT2D eigenvalue weighted by molar-refractivity contribution is 6.41. The van der Waals surface area contributed by atoms with E-state index in [0.29, 0.717) is 22.3 Å². The summed E-state index contributed by atoms with van der Waals surface area (Å²) in [5, 5.41) is 0. The molecular weight excluding hydrogens is 122 g/mol. The van der Waals surface area contributed by atoms with E-state index in [2.05, 4.69) is 0 Å². The van der Waals surface area contributed by atoms with Crippen molar-refractivity contribution in [2.45, 2.75) is 0 Å². The van der Waals surface area contributed by atoms with Gasteiger partial charge in [-0.1, -0.05) is 23.1 Å². The molecule has 0 aliphatic heterocycles. The second kappa shape index (κ2) is 2.29. The molecule has 1 aromatic carbocycles. The molecule has 46 valence electrons. The molecule has 0 aliphatic rings. The Labute approximate surface area is 62.4 Å². The Morgan fingerprint density at radius 1 is 0.900 bits per heavy atom. The maximum absolute atomic E-state index is 5.45. The van der Waals surface area contributed by atoms with Gasteiger partial charge in [-0.3, -0.25) is 0 Å². The van der Waals surface area contributed by atoms with Gasteiger partial charge in [-0.2, -0.15) is 0 Å². The van der Waals surface area contributed by atoms with Crippen LogP contribution in [0.3, 0.4) is 0 Å². The van der Waals surface area contributed by atoms with Crippen molar-refractivity contribution in [1.29, 1.82) is 0 Å². The monoisotopic (exact) mass is 128 g/mol. The molecule has 2 nitrogen and oxygen atoms in total. The van der Waals surface area contributed by atoms with Gasteiger partial charge in [-0.05, 0) is 0 Å². The van der Waals surface area contributed by atoms with Crippen molar-refractivity contribution in [2.75, 3.05) is 11.5 Å². The average Bonchev–Trinajstić information content (AvgIpc) is 1.93. The van der Waals surface area contributed by atoms with Crippen LogP contribution in [0.2, 0.25) is 0 Å². The van der Waals surface area contributed by atoms with E-state index in [9.17, 15) is 0 Å². The van der Waals surface area contributed by atoms with Crippen molar-refractivity contribution >= 4 is 38.0 Å². The highest BCUT2D eigenvalue weighted by Gasteiger charge is 1.98. The van der Waals surface area contributed by atoms with Gasteiger partial charge in [0.25, 0.3) is 0 Å². The summed E-state index contributed by atoms with van der Waals surface area (Å²) in [6.07, 6.45) is 0. The van der Waals surface area contributed by atoms with Crippen LogP contribution < -0.4 is 22.4 Å². The van der Waals surface area contributed by atoms with E-state index < -0.39 is 0 Å². The van der Waals surface area contributed by atoms with Crippen molar-refractivity contribution < 1.29 is 0 Å². The van der Waals surface area contributed by atoms with Crippen LogP contribution in [0.5, 0.6) is 0 Å². The number of nitrogen functional groups attached to an aromatic ring is 2. The van der Waals surface area contributed by atoms with Crippen molar-refractivity contribution in [3.63, 3.8) is 0 Å². The van der Waals surface area contributed by atoms with Crippen LogP contribution in [-0.4, -0.2) is 15.7 Å². The predicted octanol–water partition coefficient (Wildman–Crippen LogP) is -1.56. The molecule has 0 spiro atoms. The molecule has 10 heavy (non-hydrogen) atoms. The quantitative estimate of drug-likeness (QED) is 0.327.